The van der Waals surface area contributed by atoms with Crippen molar-refractivity contribution in [3.05, 3.63) is 24.3 Å². The molecule has 0 aromatic carbocycles. The molecule has 6 heterocycles. The van der Waals surface area contributed by atoms with E-state index < -0.39 is 283 Å². The van der Waals surface area contributed by atoms with Crippen LogP contribution in [0.15, 0.2) is 24.3 Å². The van der Waals surface area contributed by atoms with Gasteiger partial charge < -0.3 is 174 Å². The Hall–Kier alpha value is -2.90. The lowest BCUT2D eigenvalue weighted by molar-refractivity contribution is -0.348. The van der Waals surface area contributed by atoms with E-state index in [-0.39, 0.29) is 63.7 Å². The van der Waals surface area contributed by atoms with E-state index in [1.807, 2.05) is 0 Å². The van der Waals surface area contributed by atoms with Gasteiger partial charge in [0.2, 0.25) is 0 Å². The predicted octanol–water partition coefficient (Wildman–Crippen LogP) is -10.5. The summed E-state index contributed by atoms with van der Waals surface area (Å²) in [5, 5.41) is 235. The second-order valence-electron chi connectivity index (χ2n) is 28.2. The van der Waals surface area contributed by atoms with Crippen molar-refractivity contribution in [3.8, 4) is 0 Å². The van der Waals surface area contributed by atoms with Crippen LogP contribution < -0.4 is 0 Å². The van der Waals surface area contributed by atoms with Gasteiger partial charge in [0.15, 0.2) is 31.5 Å². The minimum Gasteiger partial charge on any atom is -0.460 e. The molecule has 0 aromatic rings. The van der Waals surface area contributed by atoms with Crippen molar-refractivity contribution >= 4 is 11.9 Å². The predicted molar refractivity (Wildman–Crippen MR) is 321 cm³/mol. The Kier molecular flexibility index (Phi) is 27.7. The number of rotatable bonds is 21. The van der Waals surface area contributed by atoms with Gasteiger partial charge in [0.1, 0.15) is 135 Å². The first-order valence-electron chi connectivity index (χ1n) is 34.2. The highest BCUT2D eigenvalue weighted by atomic mass is 16.8. The van der Waals surface area contributed by atoms with Gasteiger partial charge in [0, 0.05) is 30.9 Å². The van der Waals surface area contributed by atoms with Crippen molar-refractivity contribution in [2.24, 2.45) is 23.7 Å². The SMILES string of the molecule is C[C@@H]1O[C@@H](OC[C@H]2O[C@@H](OC3CC4C(O)CC(O[C@@H]5O[C@H](COC(=O)C=CC6CCC(O[C@@H]7O[C@H](COC(=O)C=CC8CCC(O[C@@H]9O[C@H](CO)[C@@H](O)[C@H](O)[C@H]9O)C(O)C8)[C@@H](O)[C@H](O)[C@H]7O)C(O)C6)[C@@H](O)[C@H](O)[C@H]5O)CC4OC3C3CC(O)C(O)C(O)C3)[C@H](O)[C@@H](O)[C@@H]2O)[C@H](O)[C@H](O)[C@H]1O. The molecule has 4 saturated carbocycles. The minimum absolute atomic E-state index is 0.0141. The van der Waals surface area contributed by atoms with Crippen molar-refractivity contribution in [2.75, 3.05) is 26.4 Å². The van der Waals surface area contributed by atoms with E-state index in [0.717, 1.165) is 12.2 Å². The number of allylic oxidation sites excluding steroid dienone is 2. The lowest BCUT2D eigenvalue weighted by atomic mass is 9.72. The largest absolute Gasteiger partial charge is 0.460 e. The van der Waals surface area contributed by atoms with Gasteiger partial charge in [-0.2, -0.15) is 0 Å². The zero-order valence-corrected chi connectivity index (χ0v) is 54.5. The highest BCUT2D eigenvalue weighted by Crippen LogP contribution is 2.45. The minimum atomic E-state index is -1.90. The molecule has 100 heavy (non-hydrogen) atoms. The maximum atomic E-state index is 13.1. The molecule has 0 aromatic heterocycles. The quantitative estimate of drug-likeness (QED) is 0.0375. The normalized spacial score (nSPS) is 51.3. The summed E-state index contributed by atoms with van der Waals surface area (Å²) >= 11 is 0. The lowest BCUT2D eigenvalue weighted by Crippen LogP contribution is -2.63. The molecular weight excluding hydrogens is 1350 g/mol. The number of hydrogen-bond acceptors (Lipinski definition) is 37. The molecule has 14 unspecified atom stereocenters. The van der Waals surface area contributed by atoms with Crippen LogP contribution in [0.2, 0.25) is 0 Å². The third-order valence-corrected chi connectivity index (χ3v) is 21.2. The Morgan fingerprint density at radius 3 is 1.24 bits per heavy atom. The average molecular weight is 1450 g/mol. The fraction of sp³-hybridized carbons (Fsp3) is 0.905. The van der Waals surface area contributed by atoms with Crippen LogP contribution in [-0.4, -0.2) is 377 Å². The fourth-order valence-electron chi connectivity index (χ4n) is 15.1. The van der Waals surface area contributed by atoms with Gasteiger partial charge in [0.25, 0.3) is 0 Å². The van der Waals surface area contributed by atoms with Crippen molar-refractivity contribution in [2.45, 2.75) is 304 Å². The number of carbonyl (C=O) groups is 2. The molecule has 39 atom stereocenters. The first-order chi connectivity index (χ1) is 47.4. The van der Waals surface area contributed by atoms with E-state index in [2.05, 4.69) is 0 Å². The number of fused-ring (bicyclic) bond motifs is 1. The highest BCUT2D eigenvalue weighted by molar-refractivity contribution is 5.82. The van der Waals surface area contributed by atoms with E-state index in [0.29, 0.717) is 12.8 Å². The summed E-state index contributed by atoms with van der Waals surface area (Å²) in [6.07, 6.45) is -48.9. The molecule has 6 saturated heterocycles. The molecule has 10 rings (SSSR count). The van der Waals surface area contributed by atoms with Gasteiger partial charge in [-0.25, -0.2) is 9.59 Å². The molecule has 10 aliphatic rings. The Morgan fingerprint density at radius 2 is 0.780 bits per heavy atom. The van der Waals surface area contributed by atoms with Crippen molar-refractivity contribution in [1.29, 1.82) is 0 Å². The van der Waals surface area contributed by atoms with Crippen LogP contribution in [0.4, 0.5) is 0 Å². The van der Waals surface area contributed by atoms with Gasteiger partial charge in [-0.3, -0.25) is 0 Å². The third kappa shape index (κ3) is 18.4. The molecule has 0 spiro atoms. The summed E-state index contributed by atoms with van der Waals surface area (Å²) in [6.45, 7) is -1.12. The zero-order chi connectivity index (χ0) is 72.5. The highest BCUT2D eigenvalue weighted by Gasteiger charge is 2.56. The number of aliphatic hydroxyl groups excluding tert-OH is 22. The molecule has 10 fully saturated rings. The van der Waals surface area contributed by atoms with Crippen LogP contribution in [0.25, 0.3) is 0 Å². The molecule has 6 aliphatic heterocycles. The Bertz CT molecular complexity index is 2640. The summed E-state index contributed by atoms with van der Waals surface area (Å²) in [7, 11) is 0. The van der Waals surface area contributed by atoms with Crippen LogP contribution in [0.5, 0.6) is 0 Å². The van der Waals surface area contributed by atoms with Gasteiger partial charge in [0.05, 0.1) is 86.5 Å². The second kappa shape index (κ2) is 34.8. The van der Waals surface area contributed by atoms with Crippen molar-refractivity contribution in [1.82, 2.24) is 0 Å². The molecule has 0 radical (unpaired) electrons. The number of hydrogen-bond donors (Lipinski definition) is 22. The lowest BCUT2D eigenvalue weighted by Gasteiger charge is -2.52. The van der Waals surface area contributed by atoms with E-state index >= 15 is 0 Å². The van der Waals surface area contributed by atoms with Gasteiger partial charge in [-0.15, -0.1) is 0 Å². The maximum absolute atomic E-state index is 13.1. The number of esters is 2. The molecular formula is C63H100O37. The molecule has 37 nitrogen and oxygen atoms in total. The summed E-state index contributed by atoms with van der Waals surface area (Å²) in [4.78, 5) is 25.9. The Labute approximate surface area is 572 Å². The van der Waals surface area contributed by atoms with Crippen LogP contribution in [-0.2, 0) is 71.2 Å². The van der Waals surface area contributed by atoms with Gasteiger partial charge >= 0.3 is 11.9 Å². The van der Waals surface area contributed by atoms with Crippen molar-refractivity contribution < 1.29 is 184 Å². The van der Waals surface area contributed by atoms with Crippen LogP contribution in [0, 0.1) is 23.7 Å². The van der Waals surface area contributed by atoms with Crippen molar-refractivity contribution in [3.63, 3.8) is 0 Å². The average Bonchev–Trinajstić information content (AvgIpc) is 0.767. The smallest absolute Gasteiger partial charge is 0.330 e. The van der Waals surface area contributed by atoms with E-state index in [9.17, 15) is 122 Å². The maximum Gasteiger partial charge on any atom is 0.330 e. The van der Waals surface area contributed by atoms with E-state index in [1.54, 1.807) is 0 Å². The molecule has 574 valence electrons. The molecule has 0 amide bonds. The van der Waals surface area contributed by atoms with E-state index in [1.165, 1.54) is 19.1 Å². The van der Waals surface area contributed by atoms with E-state index in [4.69, 9.17) is 61.6 Å². The molecule has 4 aliphatic carbocycles. The standard InChI is InChI=1S/C63H100O37/c1-21-42(72)48(78)53(83)59(91-21)90-20-39-47(77)52(82)57(87)63(100-39)96-35-16-26-27(65)14-25(15-34(26)93-58(35)24-12-30(68)43(73)31(69)13-24)92-60-54(84)50(80)45(75)37(98-60)18-88-40(70)8-4-23-3-7-33(29(67)11-23)95-62-56(86)51(81)46(76)38(99-62)19-89-41(71)9-5-22-2-6-32(28(66)10-22)94-61-55(85)49(79)44(74)36(17-64)97-61/h4-5,8-9,21-39,42-69,72-87H,2-3,6-7,10-20H2,1H3/t21-,22?,23?,24?,25?,26?,27?,28?,29?,30?,31?,32?,33?,34?,35?,36+,37+,38+,39+,42-,43?,44+,45+,46+,47+,48+,49-,50-,51-,52-,53+,54+,55+,56+,57+,58?,59+,60+,61+,62+,63+/m0/s1. The number of ether oxygens (including phenoxy) is 13. The number of aliphatic hydroxyl groups is 22. The molecule has 37 heteroatoms. The van der Waals surface area contributed by atoms with Crippen LogP contribution in [0.3, 0.4) is 0 Å². The first kappa shape index (κ1) is 79.7. The van der Waals surface area contributed by atoms with Crippen LogP contribution in [0.1, 0.15) is 77.6 Å². The molecule has 0 bridgehead atoms. The third-order valence-electron chi connectivity index (χ3n) is 21.2. The summed E-state index contributed by atoms with van der Waals surface area (Å²) in [6, 6.07) is 0. The topological polar surface area (TPSA) is 599 Å². The zero-order valence-electron chi connectivity index (χ0n) is 54.5. The fourth-order valence-corrected chi connectivity index (χ4v) is 15.1. The van der Waals surface area contributed by atoms with Crippen LogP contribution >= 0.6 is 0 Å². The summed E-state index contributed by atoms with van der Waals surface area (Å²) < 4.78 is 75.3. The first-order valence-corrected chi connectivity index (χ1v) is 34.2. The monoisotopic (exact) mass is 1450 g/mol. The Balaban J connectivity index is 0.671. The Morgan fingerprint density at radius 1 is 0.370 bits per heavy atom. The summed E-state index contributed by atoms with van der Waals surface area (Å²) in [5.41, 5.74) is 0. The number of carbonyl (C=O) groups excluding carboxylic acids is 2. The summed E-state index contributed by atoms with van der Waals surface area (Å²) in [5.74, 6) is -4.12. The van der Waals surface area contributed by atoms with Gasteiger partial charge in [-0.1, -0.05) is 12.2 Å². The second-order valence-corrected chi connectivity index (χ2v) is 28.2. The molecule has 22 N–H and O–H groups in total. The van der Waals surface area contributed by atoms with Gasteiger partial charge in [-0.05, 0) is 82.5 Å².